The van der Waals surface area contributed by atoms with Gasteiger partial charge in [0.15, 0.2) is 34.9 Å². The summed E-state index contributed by atoms with van der Waals surface area (Å²) in [6.45, 7) is 7.38. The summed E-state index contributed by atoms with van der Waals surface area (Å²) >= 11 is 0. The number of hydrogen-bond donors (Lipinski definition) is 3. The molecule has 3 fully saturated rings. The average molecular weight is 1010 g/mol. The van der Waals surface area contributed by atoms with Gasteiger partial charge in [-0.1, -0.05) is 80.6 Å². The minimum Gasteiger partial charge on any atom is -0.455 e. The number of fused-ring (bicyclic) bond motifs is 5. The van der Waals surface area contributed by atoms with E-state index in [4.69, 9.17) is 28.4 Å². The molecule has 2 bridgehead atoms. The third kappa shape index (κ3) is 8.96. The molecule has 2 saturated carbocycles. The van der Waals surface area contributed by atoms with Gasteiger partial charge in [-0.05, 0) is 67.0 Å². The van der Waals surface area contributed by atoms with Crippen molar-refractivity contribution in [3.63, 3.8) is 0 Å². The third-order valence-electron chi connectivity index (χ3n) is 14.9. The highest BCUT2D eigenvalue weighted by molar-refractivity contribution is 5.97. The Hall–Kier alpha value is -7.22. The van der Waals surface area contributed by atoms with Gasteiger partial charge in [0, 0.05) is 37.7 Å². The van der Waals surface area contributed by atoms with Crippen molar-refractivity contribution in [2.45, 2.75) is 108 Å². The molecule has 3 N–H and O–H groups in total. The number of benzene rings is 4. The van der Waals surface area contributed by atoms with Gasteiger partial charge >= 0.3 is 29.8 Å². The van der Waals surface area contributed by atoms with Gasteiger partial charge in [0.25, 0.3) is 5.91 Å². The SMILES string of the molecule is CC(=O)O[C@H]1C(=O)[C@@]2(C)C(C(OC(=O)c3ccccc3)[C@]3(O)C[C@H](OC(=O)[C@H](OC(=O)c4ccc(F)c(F)c4F)[C@@H](NC(=O)c4ccccc4)c4ccccc4)C(C)=C1C3(C)C)[C@]1(OC(C)=O)CO[C@@H]1C[C@@H]2O. The number of ether oxygens (including phenoxy) is 6. The number of halogens is 3. The lowest BCUT2D eigenvalue weighted by atomic mass is 9.44. The second-order valence-corrected chi connectivity index (χ2v) is 19.5. The smallest absolute Gasteiger partial charge is 0.350 e. The largest absolute Gasteiger partial charge is 0.455 e. The lowest BCUT2D eigenvalue weighted by molar-refractivity contribution is -0.346. The Labute approximate surface area is 416 Å². The van der Waals surface area contributed by atoms with Gasteiger partial charge < -0.3 is 44.0 Å². The van der Waals surface area contributed by atoms with Crippen molar-refractivity contribution >= 4 is 41.5 Å². The first-order valence-electron chi connectivity index (χ1n) is 23.3. The summed E-state index contributed by atoms with van der Waals surface area (Å²) in [7, 11) is 0. The third-order valence-corrected chi connectivity index (χ3v) is 14.9. The minimum atomic E-state index is -2.59. The summed E-state index contributed by atoms with van der Waals surface area (Å²) in [4.78, 5) is 99.6. The molecule has 384 valence electrons. The van der Waals surface area contributed by atoms with Crippen molar-refractivity contribution in [3.05, 3.63) is 154 Å². The number of aliphatic hydroxyl groups excluding tert-OH is 1. The average Bonchev–Trinajstić information content (AvgIpc) is 3.35. The second-order valence-electron chi connectivity index (χ2n) is 19.5. The fourth-order valence-corrected chi connectivity index (χ4v) is 11.1. The number of hydrogen-bond acceptors (Lipinski definition) is 15. The van der Waals surface area contributed by atoms with E-state index in [2.05, 4.69) is 5.32 Å². The fourth-order valence-electron chi connectivity index (χ4n) is 11.1. The number of amides is 1. The van der Waals surface area contributed by atoms with Crippen molar-refractivity contribution in [2.75, 3.05) is 6.61 Å². The van der Waals surface area contributed by atoms with Crippen LogP contribution in [0.25, 0.3) is 0 Å². The van der Waals surface area contributed by atoms with E-state index in [1.807, 2.05) is 0 Å². The monoisotopic (exact) mass is 1010 g/mol. The molecule has 16 nitrogen and oxygen atoms in total. The summed E-state index contributed by atoms with van der Waals surface area (Å²) in [6, 6.07) is 22.1. The van der Waals surface area contributed by atoms with Crippen LogP contribution in [0.1, 0.15) is 97.1 Å². The van der Waals surface area contributed by atoms with Crippen LogP contribution in [0.5, 0.6) is 0 Å². The van der Waals surface area contributed by atoms with Crippen molar-refractivity contribution in [2.24, 2.45) is 16.7 Å². The summed E-state index contributed by atoms with van der Waals surface area (Å²) in [5.41, 5.74) is -9.63. The van der Waals surface area contributed by atoms with E-state index in [0.717, 1.165) is 13.8 Å². The van der Waals surface area contributed by atoms with Gasteiger partial charge in [-0.25, -0.2) is 27.6 Å². The lowest BCUT2D eigenvalue weighted by Crippen LogP contribution is -2.82. The van der Waals surface area contributed by atoms with Gasteiger partial charge in [-0.2, -0.15) is 0 Å². The van der Waals surface area contributed by atoms with Gasteiger partial charge in [-0.15, -0.1) is 0 Å². The highest BCUT2D eigenvalue weighted by atomic mass is 19.2. The zero-order valence-corrected chi connectivity index (χ0v) is 40.4. The van der Waals surface area contributed by atoms with Gasteiger partial charge in [0.05, 0.1) is 35.2 Å². The van der Waals surface area contributed by atoms with Crippen LogP contribution in [-0.2, 0) is 47.6 Å². The predicted octanol–water partition coefficient (Wildman–Crippen LogP) is 6.02. The Morgan fingerprint density at radius 1 is 0.767 bits per heavy atom. The zero-order chi connectivity index (χ0) is 52.9. The Bertz CT molecular complexity index is 2900. The molecule has 11 atom stereocenters. The van der Waals surface area contributed by atoms with E-state index in [1.54, 1.807) is 42.5 Å². The molecule has 0 spiro atoms. The van der Waals surface area contributed by atoms with Crippen LogP contribution in [0.4, 0.5) is 13.2 Å². The fraction of sp³-hybridized carbons (Fsp3) is 0.389. The minimum absolute atomic E-state index is 0.0102. The molecule has 0 aromatic heterocycles. The van der Waals surface area contributed by atoms with E-state index < -0.39 is 148 Å². The van der Waals surface area contributed by atoms with Gasteiger partial charge in [-0.3, -0.25) is 19.2 Å². The van der Waals surface area contributed by atoms with Crippen LogP contribution < -0.4 is 5.32 Å². The van der Waals surface area contributed by atoms with Crippen LogP contribution in [0, 0.1) is 34.2 Å². The van der Waals surface area contributed by atoms with E-state index in [0.29, 0.717) is 12.1 Å². The zero-order valence-electron chi connectivity index (χ0n) is 40.4. The maximum Gasteiger partial charge on any atom is 0.350 e. The number of carbonyl (C=O) groups is 7. The van der Waals surface area contributed by atoms with Crippen molar-refractivity contribution in [1.82, 2.24) is 5.32 Å². The molecular formula is C54H52F3NO15. The van der Waals surface area contributed by atoms with Crippen LogP contribution in [0.2, 0.25) is 0 Å². The van der Waals surface area contributed by atoms with Gasteiger partial charge in [0.2, 0.25) is 6.10 Å². The molecular weight excluding hydrogens is 960 g/mol. The normalized spacial score (nSPS) is 28.7. The maximum absolute atomic E-state index is 15.7. The van der Waals surface area contributed by atoms with Crippen LogP contribution in [0.15, 0.2) is 114 Å². The number of carbonyl (C=O) groups excluding carboxylic acids is 7. The molecule has 19 heteroatoms. The molecule has 73 heavy (non-hydrogen) atoms. The quantitative estimate of drug-likeness (QED) is 0.0639. The molecule has 1 heterocycles. The van der Waals surface area contributed by atoms with E-state index in [9.17, 15) is 43.0 Å². The lowest BCUT2D eigenvalue weighted by Gasteiger charge is -2.67. The number of ketones is 1. The second kappa shape index (κ2) is 19.7. The molecule has 1 aliphatic heterocycles. The van der Waals surface area contributed by atoms with Crippen molar-refractivity contribution < 1.29 is 85.4 Å². The maximum atomic E-state index is 15.7. The molecule has 2 unspecified atom stereocenters. The highest BCUT2D eigenvalue weighted by Crippen LogP contribution is 2.64. The number of esters is 5. The number of nitrogens with one attached hydrogen (secondary N) is 1. The number of rotatable bonds is 12. The Kier molecular flexibility index (Phi) is 14.0. The Morgan fingerprint density at radius 3 is 1.95 bits per heavy atom. The first-order chi connectivity index (χ1) is 34.5. The van der Waals surface area contributed by atoms with Crippen molar-refractivity contribution in [3.8, 4) is 0 Å². The molecule has 3 aliphatic carbocycles. The predicted molar refractivity (Wildman–Crippen MR) is 247 cm³/mol. The van der Waals surface area contributed by atoms with Gasteiger partial charge in [0.1, 0.15) is 30.0 Å². The van der Waals surface area contributed by atoms with E-state index in [-0.39, 0.29) is 34.3 Å². The summed E-state index contributed by atoms with van der Waals surface area (Å²) in [6.07, 6.45) is -11.9. The first kappa shape index (κ1) is 52.1. The summed E-state index contributed by atoms with van der Waals surface area (Å²) < 4.78 is 80.2. The number of Topliss-reactive ketones (excluding diaryl/α,β-unsaturated/α-hetero) is 1. The molecule has 0 radical (unpaired) electrons. The van der Waals surface area contributed by atoms with Crippen LogP contribution >= 0.6 is 0 Å². The Morgan fingerprint density at radius 2 is 1.37 bits per heavy atom. The van der Waals surface area contributed by atoms with Crippen LogP contribution in [-0.4, -0.2) is 106 Å². The molecule has 1 amide bonds. The molecule has 4 aliphatic rings. The topological polar surface area (TPSA) is 227 Å². The summed E-state index contributed by atoms with van der Waals surface area (Å²) in [5, 5.41) is 28.8. The summed E-state index contributed by atoms with van der Waals surface area (Å²) in [5.74, 6) is -15.2. The molecule has 4 aromatic carbocycles. The molecule has 8 rings (SSSR count). The van der Waals surface area contributed by atoms with Crippen molar-refractivity contribution in [1.29, 1.82) is 0 Å². The molecule has 1 saturated heterocycles. The first-order valence-corrected chi connectivity index (χ1v) is 23.3. The Balaban J connectivity index is 1.32. The highest BCUT2D eigenvalue weighted by Gasteiger charge is 2.78. The standard InChI is InChI=1S/C54H52F3NO15/c1-27-35(70-50(66)43(71-49(65)33-22-23-34(55)40(57)39(33)56)41(30-16-10-7-11-17-30)58-47(63)31-18-12-8-13-19-31)25-54(67)46(72-48(64)32-20-14-9-15-21-32)44-52(6,36(61)24-37-53(44,26-68-37)73-29(3)60)45(62)42(69-28(2)59)38(27)51(54,4)5/h7-23,35-37,41-44,46,61,67H,24-26H2,1-6H3,(H,58,63)/t35-,36-,37+,41-,42+,43+,44?,46?,52+,53-,54+/m0/s1. The van der Waals surface area contributed by atoms with E-state index in [1.165, 1.54) is 76.2 Å². The van der Waals surface area contributed by atoms with Crippen LogP contribution in [0.3, 0.4) is 0 Å². The number of aliphatic hydroxyl groups is 2. The van der Waals surface area contributed by atoms with E-state index >= 15 is 14.0 Å². The molecule has 4 aromatic rings.